The molecule has 2 rings (SSSR count). The van der Waals surface area contributed by atoms with Gasteiger partial charge < -0.3 is 16.2 Å². The summed E-state index contributed by atoms with van der Waals surface area (Å²) in [7, 11) is 0. The number of aliphatic hydroxyl groups excluding tert-OH is 1. The molecule has 0 spiro atoms. The first-order valence-electron chi connectivity index (χ1n) is 6.05. The molecule has 1 saturated carbocycles. The highest BCUT2D eigenvalue weighted by molar-refractivity contribution is 5.65. The highest BCUT2D eigenvalue weighted by Gasteiger charge is 2.32. The average Bonchev–Trinajstić information content (AvgIpc) is 2.77. The van der Waals surface area contributed by atoms with Gasteiger partial charge in [0.1, 0.15) is 5.82 Å². The van der Waals surface area contributed by atoms with Gasteiger partial charge in [-0.15, -0.1) is 0 Å². The fourth-order valence-corrected chi connectivity index (χ4v) is 2.49. The predicted molar refractivity (Wildman–Crippen MR) is 67.3 cm³/mol. The monoisotopic (exact) mass is 238 g/mol. The van der Waals surface area contributed by atoms with Crippen LogP contribution in [0.3, 0.4) is 0 Å². The van der Waals surface area contributed by atoms with Crippen molar-refractivity contribution in [1.82, 2.24) is 0 Å². The molecule has 0 aromatic heterocycles. The minimum atomic E-state index is -0.328. The van der Waals surface area contributed by atoms with E-state index in [0.717, 1.165) is 18.5 Å². The molecule has 0 saturated heterocycles. The minimum absolute atomic E-state index is 0.0270. The fourth-order valence-electron chi connectivity index (χ4n) is 2.49. The van der Waals surface area contributed by atoms with Gasteiger partial charge in [-0.1, -0.05) is 12.8 Å². The van der Waals surface area contributed by atoms with Gasteiger partial charge in [-0.3, -0.25) is 0 Å². The number of benzene rings is 1. The van der Waals surface area contributed by atoms with E-state index in [0.29, 0.717) is 12.2 Å². The zero-order chi connectivity index (χ0) is 12.3. The number of anilines is 2. The van der Waals surface area contributed by atoms with Gasteiger partial charge in [-0.2, -0.15) is 0 Å². The van der Waals surface area contributed by atoms with Crippen molar-refractivity contribution in [3.8, 4) is 0 Å². The topological polar surface area (TPSA) is 58.3 Å². The number of nitrogens with one attached hydrogen (secondary N) is 1. The van der Waals surface area contributed by atoms with Crippen molar-refractivity contribution in [3.63, 3.8) is 0 Å². The van der Waals surface area contributed by atoms with Crippen molar-refractivity contribution in [1.29, 1.82) is 0 Å². The number of rotatable bonds is 4. The fraction of sp³-hybridized carbons (Fsp3) is 0.538. The largest absolute Gasteiger partial charge is 0.397 e. The number of halogens is 1. The van der Waals surface area contributed by atoms with Crippen molar-refractivity contribution in [2.24, 2.45) is 5.41 Å². The number of nitrogen functional groups attached to an aromatic ring is 1. The third-order valence-electron chi connectivity index (χ3n) is 3.67. The van der Waals surface area contributed by atoms with E-state index in [1.807, 2.05) is 0 Å². The van der Waals surface area contributed by atoms with E-state index in [-0.39, 0.29) is 17.8 Å². The summed E-state index contributed by atoms with van der Waals surface area (Å²) in [6.07, 6.45) is 4.41. The van der Waals surface area contributed by atoms with E-state index in [2.05, 4.69) is 5.32 Å². The van der Waals surface area contributed by atoms with Crippen LogP contribution in [-0.4, -0.2) is 18.3 Å². The molecule has 0 bridgehead atoms. The molecule has 1 aliphatic rings. The Morgan fingerprint density at radius 2 is 2.06 bits per heavy atom. The molecule has 1 aromatic rings. The molecule has 94 valence electrons. The Kier molecular flexibility index (Phi) is 3.52. The molecule has 1 aromatic carbocycles. The Bertz CT molecular complexity index is 389. The summed E-state index contributed by atoms with van der Waals surface area (Å²) in [5.41, 5.74) is 6.85. The first-order valence-corrected chi connectivity index (χ1v) is 6.05. The summed E-state index contributed by atoms with van der Waals surface area (Å²) in [6.45, 7) is 0.889. The van der Waals surface area contributed by atoms with Crippen LogP contribution in [0.25, 0.3) is 0 Å². The van der Waals surface area contributed by atoms with Crippen molar-refractivity contribution < 1.29 is 9.50 Å². The molecule has 17 heavy (non-hydrogen) atoms. The van der Waals surface area contributed by atoms with Gasteiger partial charge in [-0.25, -0.2) is 4.39 Å². The van der Waals surface area contributed by atoms with Crippen molar-refractivity contribution in [2.45, 2.75) is 25.7 Å². The van der Waals surface area contributed by atoms with E-state index >= 15 is 0 Å². The van der Waals surface area contributed by atoms with Crippen LogP contribution in [0.15, 0.2) is 18.2 Å². The molecular formula is C13H19FN2O. The van der Waals surface area contributed by atoms with Crippen molar-refractivity contribution >= 4 is 11.4 Å². The number of hydrogen-bond donors (Lipinski definition) is 3. The summed E-state index contributed by atoms with van der Waals surface area (Å²) in [5, 5.41) is 12.7. The Labute approximate surface area is 101 Å². The van der Waals surface area contributed by atoms with Crippen LogP contribution in [0.4, 0.5) is 15.8 Å². The number of hydrogen-bond acceptors (Lipinski definition) is 3. The van der Waals surface area contributed by atoms with Crippen molar-refractivity contribution in [2.75, 3.05) is 24.2 Å². The molecule has 4 N–H and O–H groups in total. The summed E-state index contributed by atoms with van der Waals surface area (Å²) >= 11 is 0. The molecule has 1 aliphatic carbocycles. The van der Waals surface area contributed by atoms with E-state index in [1.54, 1.807) is 6.07 Å². The van der Waals surface area contributed by atoms with Gasteiger partial charge >= 0.3 is 0 Å². The van der Waals surface area contributed by atoms with Crippen molar-refractivity contribution in [3.05, 3.63) is 24.0 Å². The molecule has 0 radical (unpaired) electrons. The highest BCUT2D eigenvalue weighted by Crippen LogP contribution is 2.38. The van der Waals surface area contributed by atoms with Crippen LogP contribution in [-0.2, 0) is 0 Å². The number of aliphatic hydroxyl groups is 1. The molecular weight excluding hydrogens is 219 g/mol. The predicted octanol–water partition coefficient (Wildman–Crippen LogP) is 2.37. The van der Waals surface area contributed by atoms with Gasteiger partial charge in [0.25, 0.3) is 0 Å². The normalized spacial score (nSPS) is 18.2. The highest BCUT2D eigenvalue weighted by atomic mass is 19.1. The SMILES string of the molecule is Nc1cc(F)ccc1NCC1(CO)CCCC1. The lowest BCUT2D eigenvalue weighted by Gasteiger charge is -2.27. The van der Waals surface area contributed by atoms with E-state index in [1.165, 1.54) is 25.0 Å². The molecule has 1 fully saturated rings. The Morgan fingerprint density at radius 3 is 2.65 bits per heavy atom. The molecule has 0 aliphatic heterocycles. The first kappa shape index (κ1) is 12.2. The summed E-state index contributed by atoms with van der Waals surface area (Å²) in [5.74, 6) is -0.328. The minimum Gasteiger partial charge on any atom is -0.397 e. The van der Waals surface area contributed by atoms with Gasteiger partial charge in [0, 0.05) is 12.0 Å². The lowest BCUT2D eigenvalue weighted by atomic mass is 9.87. The van der Waals surface area contributed by atoms with E-state index in [9.17, 15) is 9.50 Å². The maximum Gasteiger partial charge on any atom is 0.125 e. The van der Waals surface area contributed by atoms with E-state index < -0.39 is 0 Å². The quantitative estimate of drug-likeness (QED) is 0.706. The Morgan fingerprint density at radius 1 is 1.35 bits per heavy atom. The molecule has 0 atom stereocenters. The van der Waals surface area contributed by atoms with Crippen LogP contribution >= 0.6 is 0 Å². The number of nitrogens with two attached hydrogens (primary N) is 1. The smallest absolute Gasteiger partial charge is 0.125 e. The maximum absolute atomic E-state index is 12.9. The average molecular weight is 238 g/mol. The van der Waals surface area contributed by atoms with Crippen LogP contribution in [0, 0.1) is 11.2 Å². The van der Waals surface area contributed by atoms with Gasteiger partial charge in [0.15, 0.2) is 0 Å². The Hall–Kier alpha value is -1.29. The van der Waals surface area contributed by atoms with Gasteiger partial charge in [0.2, 0.25) is 0 Å². The van der Waals surface area contributed by atoms with Crippen LogP contribution < -0.4 is 11.1 Å². The Balaban J connectivity index is 2.01. The van der Waals surface area contributed by atoms with Crippen LogP contribution in [0.2, 0.25) is 0 Å². The molecule has 3 nitrogen and oxygen atoms in total. The first-order chi connectivity index (χ1) is 8.15. The molecule has 4 heteroatoms. The summed E-state index contributed by atoms with van der Waals surface area (Å²) in [6, 6.07) is 4.34. The second-order valence-corrected chi connectivity index (χ2v) is 4.95. The zero-order valence-electron chi connectivity index (χ0n) is 9.88. The van der Waals surface area contributed by atoms with Gasteiger partial charge in [0.05, 0.1) is 18.0 Å². The van der Waals surface area contributed by atoms with Crippen LogP contribution in [0.1, 0.15) is 25.7 Å². The molecule has 0 amide bonds. The van der Waals surface area contributed by atoms with Crippen LogP contribution in [0.5, 0.6) is 0 Å². The zero-order valence-corrected chi connectivity index (χ0v) is 9.88. The van der Waals surface area contributed by atoms with Gasteiger partial charge in [-0.05, 0) is 31.0 Å². The lowest BCUT2D eigenvalue weighted by Crippen LogP contribution is -2.30. The molecule has 0 unspecified atom stereocenters. The molecule has 0 heterocycles. The summed E-state index contributed by atoms with van der Waals surface area (Å²) < 4.78 is 12.9. The second kappa shape index (κ2) is 4.92. The third-order valence-corrected chi connectivity index (χ3v) is 3.67. The lowest BCUT2D eigenvalue weighted by molar-refractivity contribution is 0.142. The standard InChI is InChI=1S/C13H19FN2O/c14-10-3-4-12(11(15)7-10)16-8-13(9-17)5-1-2-6-13/h3-4,7,16-17H,1-2,5-6,8-9,15H2. The maximum atomic E-state index is 12.9. The summed E-state index contributed by atoms with van der Waals surface area (Å²) in [4.78, 5) is 0. The third kappa shape index (κ3) is 2.69. The second-order valence-electron chi connectivity index (χ2n) is 4.95. The van der Waals surface area contributed by atoms with E-state index in [4.69, 9.17) is 5.73 Å².